The SMILES string of the molecule is O=C(O)CCN(Cc1ccccc1)C(=O)CC1CC(CNC(=O)OCC2c3ccccc3-c3ccccc32)C1. The van der Waals surface area contributed by atoms with Gasteiger partial charge in [-0.3, -0.25) is 9.59 Å². The van der Waals surface area contributed by atoms with Gasteiger partial charge in [-0.15, -0.1) is 0 Å². The van der Waals surface area contributed by atoms with Gasteiger partial charge in [-0.2, -0.15) is 0 Å². The Kier molecular flexibility index (Phi) is 8.25. The average molecular weight is 527 g/mol. The van der Waals surface area contributed by atoms with Crippen LogP contribution in [0.15, 0.2) is 78.9 Å². The molecule has 2 amide bonds. The fourth-order valence-electron chi connectivity index (χ4n) is 5.79. The maximum atomic E-state index is 13.0. The van der Waals surface area contributed by atoms with Gasteiger partial charge in [0.2, 0.25) is 5.91 Å². The molecule has 2 aliphatic rings. The van der Waals surface area contributed by atoms with Gasteiger partial charge in [0.05, 0.1) is 6.42 Å². The number of hydrogen-bond donors (Lipinski definition) is 2. The van der Waals surface area contributed by atoms with Crippen LogP contribution in [0.25, 0.3) is 11.1 Å². The number of carbonyl (C=O) groups is 3. The molecule has 0 aromatic heterocycles. The van der Waals surface area contributed by atoms with Crippen LogP contribution in [-0.2, 0) is 20.9 Å². The number of carboxylic acids is 1. The van der Waals surface area contributed by atoms with Gasteiger partial charge in [-0.25, -0.2) is 4.79 Å². The standard InChI is InChI=1S/C32H34N2O5/c35-30(34(15-14-31(36)37)20-22-8-2-1-3-9-22)18-23-16-24(17-23)19-33-32(38)39-21-29-27-12-6-4-10-25(27)26-11-5-7-13-28(26)29/h1-13,23-24,29H,14-21H2,(H,33,38)(H,36,37). The molecule has 3 aromatic carbocycles. The summed E-state index contributed by atoms with van der Waals surface area (Å²) in [6, 6.07) is 26.1. The van der Waals surface area contributed by atoms with E-state index in [0.717, 1.165) is 18.4 Å². The van der Waals surface area contributed by atoms with E-state index in [2.05, 4.69) is 29.6 Å². The first kappa shape index (κ1) is 26.5. The Bertz CT molecular complexity index is 1270. The number of fused-ring (bicyclic) bond motifs is 3. The molecule has 2 N–H and O–H groups in total. The molecular weight excluding hydrogens is 492 g/mol. The van der Waals surface area contributed by atoms with Crippen LogP contribution in [0.1, 0.15) is 48.3 Å². The molecule has 0 radical (unpaired) electrons. The van der Waals surface area contributed by atoms with Gasteiger partial charge in [-0.05, 0) is 52.5 Å². The van der Waals surface area contributed by atoms with Crippen molar-refractivity contribution in [2.24, 2.45) is 11.8 Å². The molecule has 0 heterocycles. The van der Waals surface area contributed by atoms with Crippen LogP contribution < -0.4 is 5.32 Å². The molecule has 2 aliphatic carbocycles. The minimum atomic E-state index is -0.913. The summed E-state index contributed by atoms with van der Waals surface area (Å²) in [5, 5.41) is 12.0. The van der Waals surface area contributed by atoms with Gasteiger partial charge in [-0.1, -0.05) is 78.9 Å². The van der Waals surface area contributed by atoms with Crippen molar-refractivity contribution in [1.29, 1.82) is 0 Å². The molecular formula is C32H34N2O5. The van der Waals surface area contributed by atoms with Crippen LogP contribution in [0.5, 0.6) is 0 Å². The number of amides is 2. The van der Waals surface area contributed by atoms with Crippen LogP contribution in [-0.4, -0.2) is 47.7 Å². The second-order valence-corrected chi connectivity index (χ2v) is 10.6. The van der Waals surface area contributed by atoms with E-state index in [1.165, 1.54) is 22.3 Å². The molecule has 0 aliphatic heterocycles. The molecule has 5 rings (SSSR count). The molecule has 0 saturated heterocycles. The summed E-state index contributed by atoms with van der Waals surface area (Å²) in [6.07, 6.45) is 1.62. The van der Waals surface area contributed by atoms with Gasteiger partial charge < -0.3 is 20.1 Å². The molecule has 7 nitrogen and oxygen atoms in total. The molecule has 202 valence electrons. The summed E-state index contributed by atoms with van der Waals surface area (Å²) in [5.74, 6) is -0.348. The zero-order valence-corrected chi connectivity index (χ0v) is 21.9. The van der Waals surface area contributed by atoms with Crippen LogP contribution in [0, 0.1) is 11.8 Å². The zero-order valence-electron chi connectivity index (χ0n) is 21.9. The first-order chi connectivity index (χ1) is 19.0. The first-order valence-corrected chi connectivity index (χ1v) is 13.6. The molecule has 0 spiro atoms. The number of aliphatic carboxylic acids is 1. The van der Waals surface area contributed by atoms with Gasteiger partial charge in [0.25, 0.3) is 0 Å². The number of ether oxygens (including phenoxy) is 1. The number of carbonyl (C=O) groups excluding carboxylic acids is 2. The van der Waals surface area contributed by atoms with E-state index >= 15 is 0 Å². The van der Waals surface area contributed by atoms with Crippen LogP contribution in [0.4, 0.5) is 4.79 Å². The molecule has 0 atom stereocenters. The third-order valence-electron chi connectivity index (χ3n) is 7.84. The van der Waals surface area contributed by atoms with Crippen LogP contribution in [0.3, 0.4) is 0 Å². The number of hydrogen-bond acceptors (Lipinski definition) is 4. The Hall–Kier alpha value is -4.13. The monoisotopic (exact) mass is 526 g/mol. The summed E-state index contributed by atoms with van der Waals surface area (Å²) >= 11 is 0. The Morgan fingerprint density at radius 1 is 0.846 bits per heavy atom. The van der Waals surface area contributed by atoms with Gasteiger partial charge in [0.15, 0.2) is 0 Å². The first-order valence-electron chi connectivity index (χ1n) is 13.6. The topological polar surface area (TPSA) is 95.9 Å². The van der Waals surface area contributed by atoms with Crippen molar-refractivity contribution in [1.82, 2.24) is 10.2 Å². The lowest BCUT2D eigenvalue weighted by atomic mass is 9.73. The van der Waals surface area contributed by atoms with E-state index < -0.39 is 12.1 Å². The maximum absolute atomic E-state index is 13.0. The second-order valence-electron chi connectivity index (χ2n) is 10.6. The van der Waals surface area contributed by atoms with E-state index in [1.54, 1.807) is 4.90 Å². The molecule has 1 fully saturated rings. The predicted molar refractivity (Wildman–Crippen MR) is 148 cm³/mol. The molecule has 0 unspecified atom stereocenters. The van der Waals surface area contributed by atoms with E-state index in [-0.39, 0.29) is 37.3 Å². The second kappa shape index (κ2) is 12.2. The number of rotatable bonds is 11. The third-order valence-corrected chi connectivity index (χ3v) is 7.84. The Morgan fingerprint density at radius 2 is 1.46 bits per heavy atom. The van der Waals surface area contributed by atoms with E-state index in [0.29, 0.717) is 25.4 Å². The smallest absolute Gasteiger partial charge is 0.407 e. The van der Waals surface area contributed by atoms with Crippen LogP contribution >= 0.6 is 0 Å². The van der Waals surface area contributed by atoms with E-state index in [9.17, 15) is 14.4 Å². The van der Waals surface area contributed by atoms with Crippen molar-refractivity contribution in [3.05, 3.63) is 95.6 Å². The highest BCUT2D eigenvalue weighted by Crippen LogP contribution is 2.44. The lowest BCUT2D eigenvalue weighted by molar-refractivity contribution is -0.139. The van der Waals surface area contributed by atoms with Crippen molar-refractivity contribution in [3.8, 4) is 11.1 Å². The molecule has 1 saturated carbocycles. The zero-order chi connectivity index (χ0) is 27.2. The number of nitrogens with zero attached hydrogens (tertiary/aromatic N) is 1. The Balaban J connectivity index is 1.05. The summed E-state index contributed by atoms with van der Waals surface area (Å²) < 4.78 is 5.63. The fourth-order valence-corrected chi connectivity index (χ4v) is 5.79. The van der Waals surface area contributed by atoms with Crippen molar-refractivity contribution >= 4 is 18.0 Å². The van der Waals surface area contributed by atoms with E-state index in [4.69, 9.17) is 9.84 Å². The lowest BCUT2D eigenvalue weighted by Gasteiger charge is -2.36. The largest absolute Gasteiger partial charge is 0.481 e. The number of benzene rings is 3. The molecule has 39 heavy (non-hydrogen) atoms. The third kappa shape index (κ3) is 6.48. The Morgan fingerprint density at radius 3 is 2.10 bits per heavy atom. The summed E-state index contributed by atoms with van der Waals surface area (Å²) in [4.78, 5) is 38.2. The Labute approximate surface area is 228 Å². The fraction of sp³-hybridized carbons (Fsp3) is 0.344. The minimum Gasteiger partial charge on any atom is -0.481 e. The van der Waals surface area contributed by atoms with Gasteiger partial charge in [0, 0.05) is 32.0 Å². The van der Waals surface area contributed by atoms with Crippen molar-refractivity contribution in [2.45, 2.75) is 38.1 Å². The van der Waals surface area contributed by atoms with Crippen LogP contribution in [0.2, 0.25) is 0 Å². The minimum absolute atomic E-state index is 0.0203. The van der Waals surface area contributed by atoms with Crippen molar-refractivity contribution in [3.63, 3.8) is 0 Å². The highest BCUT2D eigenvalue weighted by Gasteiger charge is 2.33. The highest BCUT2D eigenvalue weighted by atomic mass is 16.5. The molecule has 3 aromatic rings. The number of alkyl carbamates (subject to hydrolysis) is 1. The number of nitrogens with one attached hydrogen (secondary N) is 1. The normalized spacial score (nSPS) is 17.4. The van der Waals surface area contributed by atoms with Gasteiger partial charge in [0.1, 0.15) is 6.61 Å². The summed E-state index contributed by atoms with van der Waals surface area (Å²) in [7, 11) is 0. The quantitative estimate of drug-likeness (QED) is 0.347. The summed E-state index contributed by atoms with van der Waals surface area (Å²) in [6.45, 7) is 1.42. The summed E-state index contributed by atoms with van der Waals surface area (Å²) in [5.41, 5.74) is 5.74. The number of carboxylic acid groups (broad SMARTS) is 1. The highest BCUT2D eigenvalue weighted by molar-refractivity contribution is 5.79. The van der Waals surface area contributed by atoms with Gasteiger partial charge >= 0.3 is 12.1 Å². The molecule has 7 heteroatoms. The van der Waals surface area contributed by atoms with Crippen molar-refractivity contribution < 1.29 is 24.2 Å². The molecule has 0 bridgehead atoms. The average Bonchev–Trinajstić information content (AvgIpc) is 3.25. The van der Waals surface area contributed by atoms with E-state index in [1.807, 2.05) is 54.6 Å². The predicted octanol–water partition coefficient (Wildman–Crippen LogP) is 5.44. The maximum Gasteiger partial charge on any atom is 0.407 e. The van der Waals surface area contributed by atoms with Crippen molar-refractivity contribution in [2.75, 3.05) is 19.7 Å². The lowest BCUT2D eigenvalue weighted by Crippen LogP contribution is -2.40.